The van der Waals surface area contributed by atoms with Crippen molar-refractivity contribution in [2.45, 2.75) is 56.6 Å². The number of para-hydroxylation sites is 1. The van der Waals surface area contributed by atoms with E-state index < -0.39 is 0 Å². The van der Waals surface area contributed by atoms with Gasteiger partial charge in [0.15, 0.2) is 0 Å². The zero-order valence-electron chi connectivity index (χ0n) is 16.8. The molecule has 0 atom stereocenters. The molecule has 0 bridgehead atoms. The van der Waals surface area contributed by atoms with E-state index in [1.807, 2.05) is 44.3 Å². The molecule has 7 heteroatoms. The molecule has 0 unspecified atom stereocenters. The first kappa shape index (κ1) is 19.8. The van der Waals surface area contributed by atoms with E-state index >= 15 is 0 Å². The first-order valence-corrected chi connectivity index (χ1v) is 11.0. The lowest BCUT2D eigenvalue weighted by Crippen LogP contribution is -2.40. The molecule has 29 heavy (non-hydrogen) atoms. The van der Waals surface area contributed by atoms with Crippen LogP contribution in [0, 0.1) is 13.8 Å². The van der Waals surface area contributed by atoms with E-state index in [9.17, 15) is 4.79 Å². The molecule has 1 aliphatic rings. The number of H-pyrrole nitrogens is 1. The fourth-order valence-electron chi connectivity index (χ4n) is 3.80. The fraction of sp³-hybridized carbons (Fsp3) is 0.409. The number of aromatic nitrogens is 3. The van der Waals surface area contributed by atoms with Crippen molar-refractivity contribution in [2.75, 3.05) is 5.75 Å². The van der Waals surface area contributed by atoms with E-state index in [2.05, 4.69) is 26.3 Å². The zero-order valence-corrected chi connectivity index (χ0v) is 17.6. The molecule has 1 aromatic carbocycles. The molecule has 6 nitrogen and oxygen atoms in total. The molecule has 0 radical (unpaired) electrons. The predicted molar refractivity (Wildman–Crippen MR) is 115 cm³/mol. The minimum atomic E-state index is 0.0855. The Labute approximate surface area is 174 Å². The van der Waals surface area contributed by atoms with Crippen LogP contribution in [0.15, 0.2) is 41.4 Å². The van der Waals surface area contributed by atoms with Crippen LogP contribution in [0.3, 0.4) is 0 Å². The van der Waals surface area contributed by atoms with Crippen LogP contribution < -0.4 is 10.1 Å². The van der Waals surface area contributed by atoms with Crippen molar-refractivity contribution in [1.82, 2.24) is 20.3 Å². The van der Waals surface area contributed by atoms with Gasteiger partial charge >= 0.3 is 6.01 Å². The maximum Gasteiger partial charge on any atom is 0.317 e. The molecule has 4 rings (SSSR count). The number of hydrogen-bond donors (Lipinski definition) is 2. The first-order valence-electron chi connectivity index (χ1n) is 10.0. The summed E-state index contributed by atoms with van der Waals surface area (Å²) in [6.45, 7) is 3.89. The number of ether oxygens (including phenoxy) is 1. The van der Waals surface area contributed by atoms with Gasteiger partial charge in [-0.3, -0.25) is 4.79 Å². The number of thioether (sulfide) groups is 1. The summed E-state index contributed by atoms with van der Waals surface area (Å²) < 4.78 is 5.97. The average molecular weight is 411 g/mol. The molecular weight excluding hydrogens is 384 g/mol. The number of amides is 1. The van der Waals surface area contributed by atoms with E-state index in [1.54, 1.807) is 11.8 Å². The molecular formula is C22H26N4O2S. The summed E-state index contributed by atoms with van der Waals surface area (Å²) in [4.78, 5) is 25.5. The molecule has 152 valence electrons. The van der Waals surface area contributed by atoms with Gasteiger partial charge in [0.2, 0.25) is 5.91 Å². The SMILES string of the molecule is Cc1cc(C)nc(OC2CCC(NC(=O)CSc3c[nH]c4ccccc34)CC2)n1. The minimum absolute atomic E-state index is 0.0855. The number of hydrogen-bond acceptors (Lipinski definition) is 5. The van der Waals surface area contributed by atoms with Crippen molar-refractivity contribution in [3.05, 3.63) is 47.9 Å². The van der Waals surface area contributed by atoms with E-state index in [4.69, 9.17) is 4.74 Å². The normalized spacial score (nSPS) is 19.2. The Morgan fingerprint density at radius 3 is 2.66 bits per heavy atom. The Morgan fingerprint density at radius 2 is 1.90 bits per heavy atom. The minimum Gasteiger partial charge on any atom is -0.460 e. The second-order valence-corrected chi connectivity index (χ2v) is 8.60. The Balaban J connectivity index is 1.22. The van der Waals surface area contributed by atoms with Crippen LogP contribution in [-0.4, -0.2) is 38.8 Å². The number of nitrogens with one attached hydrogen (secondary N) is 2. The van der Waals surface area contributed by atoms with Gasteiger partial charge in [0, 0.05) is 39.4 Å². The van der Waals surface area contributed by atoms with Gasteiger partial charge in [0.25, 0.3) is 0 Å². The summed E-state index contributed by atoms with van der Waals surface area (Å²) in [5.74, 6) is 0.511. The summed E-state index contributed by atoms with van der Waals surface area (Å²) in [5, 5.41) is 4.34. The molecule has 1 fully saturated rings. The van der Waals surface area contributed by atoms with Crippen LogP contribution in [0.2, 0.25) is 0 Å². The van der Waals surface area contributed by atoms with Crippen molar-refractivity contribution < 1.29 is 9.53 Å². The van der Waals surface area contributed by atoms with E-state index in [1.165, 1.54) is 0 Å². The number of carbonyl (C=O) groups is 1. The van der Waals surface area contributed by atoms with Crippen LogP contribution >= 0.6 is 11.8 Å². The number of benzene rings is 1. The van der Waals surface area contributed by atoms with E-state index in [-0.39, 0.29) is 18.1 Å². The lowest BCUT2D eigenvalue weighted by Gasteiger charge is -2.29. The van der Waals surface area contributed by atoms with Crippen LogP contribution in [0.25, 0.3) is 10.9 Å². The highest BCUT2D eigenvalue weighted by molar-refractivity contribution is 8.00. The maximum atomic E-state index is 12.4. The first-order chi connectivity index (χ1) is 14.1. The van der Waals surface area contributed by atoms with Gasteiger partial charge in [-0.1, -0.05) is 18.2 Å². The summed E-state index contributed by atoms with van der Waals surface area (Å²) in [7, 11) is 0. The van der Waals surface area contributed by atoms with Crippen molar-refractivity contribution in [2.24, 2.45) is 0 Å². The highest BCUT2D eigenvalue weighted by Gasteiger charge is 2.24. The fourth-order valence-corrected chi connectivity index (χ4v) is 4.64. The standard InChI is InChI=1S/C22H26N4O2S/c1-14-11-15(2)25-22(24-14)28-17-9-7-16(8-10-17)26-21(27)13-29-20-12-23-19-6-4-3-5-18(19)20/h3-6,11-12,16-17,23H,7-10,13H2,1-2H3,(H,26,27). The summed E-state index contributed by atoms with van der Waals surface area (Å²) in [6, 6.07) is 10.8. The van der Waals surface area contributed by atoms with Crippen LogP contribution in [-0.2, 0) is 4.79 Å². The quantitative estimate of drug-likeness (QED) is 0.596. The molecule has 1 amide bonds. The van der Waals surface area contributed by atoms with Crippen LogP contribution in [0.1, 0.15) is 37.1 Å². The third kappa shape index (κ3) is 5.09. The third-order valence-electron chi connectivity index (χ3n) is 5.18. The number of aromatic amines is 1. The lowest BCUT2D eigenvalue weighted by atomic mass is 9.93. The Kier molecular flexibility index (Phi) is 6.04. The van der Waals surface area contributed by atoms with Gasteiger partial charge in [0.1, 0.15) is 6.10 Å². The van der Waals surface area contributed by atoms with Crippen molar-refractivity contribution >= 4 is 28.6 Å². The lowest BCUT2D eigenvalue weighted by molar-refractivity contribution is -0.119. The highest BCUT2D eigenvalue weighted by Crippen LogP contribution is 2.28. The second-order valence-electron chi connectivity index (χ2n) is 7.58. The zero-order chi connectivity index (χ0) is 20.2. The van der Waals surface area contributed by atoms with Crippen molar-refractivity contribution in [3.63, 3.8) is 0 Å². The summed E-state index contributed by atoms with van der Waals surface area (Å²) >= 11 is 1.57. The second kappa shape index (κ2) is 8.86. The maximum absolute atomic E-state index is 12.4. The molecule has 0 aliphatic heterocycles. The summed E-state index contributed by atoms with van der Waals surface area (Å²) in [5.41, 5.74) is 2.93. The molecule has 0 saturated heterocycles. The number of fused-ring (bicyclic) bond motifs is 1. The molecule has 1 saturated carbocycles. The molecule has 2 heterocycles. The molecule has 3 aromatic rings. The number of aryl methyl sites for hydroxylation is 2. The molecule has 0 spiro atoms. The molecule has 1 aliphatic carbocycles. The van der Waals surface area contributed by atoms with Crippen molar-refractivity contribution in [3.8, 4) is 6.01 Å². The van der Waals surface area contributed by atoms with Gasteiger partial charge in [0.05, 0.1) is 5.75 Å². The largest absolute Gasteiger partial charge is 0.460 e. The number of carbonyl (C=O) groups excluding carboxylic acids is 1. The highest BCUT2D eigenvalue weighted by atomic mass is 32.2. The Bertz CT molecular complexity index is 975. The molecule has 2 aromatic heterocycles. The average Bonchev–Trinajstić information content (AvgIpc) is 3.10. The smallest absolute Gasteiger partial charge is 0.317 e. The molecule has 2 N–H and O–H groups in total. The third-order valence-corrected chi connectivity index (χ3v) is 6.24. The van der Waals surface area contributed by atoms with Crippen LogP contribution in [0.5, 0.6) is 6.01 Å². The van der Waals surface area contributed by atoms with Gasteiger partial charge in [-0.2, -0.15) is 0 Å². The van der Waals surface area contributed by atoms with Gasteiger partial charge < -0.3 is 15.0 Å². The van der Waals surface area contributed by atoms with Crippen LogP contribution in [0.4, 0.5) is 0 Å². The Morgan fingerprint density at radius 1 is 1.17 bits per heavy atom. The number of rotatable bonds is 6. The monoisotopic (exact) mass is 410 g/mol. The van der Waals surface area contributed by atoms with Gasteiger partial charge in [-0.15, -0.1) is 11.8 Å². The van der Waals surface area contributed by atoms with Gasteiger partial charge in [-0.25, -0.2) is 9.97 Å². The number of nitrogens with zero attached hydrogens (tertiary/aromatic N) is 2. The predicted octanol–water partition coefficient (Wildman–Crippen LogP) is 4.17. The van der Waals surface area contributed by atoms with E-state index in [0.717, 1.165) is 52.9 Å². The summed E-state index contributed by atoms with van der Waals surface area (Å²) in [6.07, 6.45) is 5.72. The van der Waals surface area contributed by atoms with E-state index in [0.29, 0.717) is 11.8 Å². The van der Waals surface area contributed by atoms with Crippen molar-refractivity contribution in [1.29, 1.82) is 0 Å². The van der Waals surface area contributed by atoms with Gasteiger partial charge in [-0.05, 0) is 51.7 Å². The topological polar surface area (TPSA) is 79.9 Å². The Hall–Kier alpha value is -2.54.